The summed E-state index contributed by atoms with van der Waals surface area (Å²) < 4.78 is 38.9. The van der Waals surface area contributed by atoms with Crippen LogP contribution in [0.25, 0.3) is 11.4 Å². The molecule has 0 bridgehead atoms. The molecule has 2 aromatic heterocycles. The van der Waals surface area contributed by atoms with Gasteiger partial charge in [0.25, 0.3) is 5.88 Å². The van der Waals surface area contributed by atoms with Gasteiger partial charge in [-0.25, -0.2) is 23.7 Å². The molecule has 0 aliphatic heterocycles. The van der Waals surface area contributed by atoms with Crippen LogP contribution in [0.5, 0.6) is 5.88 Å². The molecular formula is C20H24F2N4O3. The van der Waals surface area contributed by atoms with Crippen LogP contribution in [0.1, 0.15) is 39.5 Å². The van der Waals surface area contributed by atoms with Gasteiger partial charge in [-0.3, -0.25) is 4.79 Å². The van der Waals surface area contributed by atoms with Gasteiger partial charge in [0, 0.05) is 24.7 Å². The van der Waals surface area contributed by atoms with E-state index in [4.69, 9.17) is 9.47 Å². The van der Waals surface area contributed by atoms with Gasteiger partial charge in [0.2, 0.25) is 5.91 Å². The zero-order chi connectivity index (χ0) is 20.8. The van der Waals surface area contributed by atoms with Crippen LogP contribution in [0.4, 0.5) is 8.78 Å². The average Bonchev–Trinajstić information content (AvgIpc) is 2.69. The standard InChI is InChI=1S/C20H24F2N4O3/c1-12(26-13(2)27)11-28-16-3-5-17(6-4-16)29-20-18(22)7-14(8-25-20)19-23-9-15(21)10-24-19/h7-10,12,16-17H,3-6,11H2,1-2H3,(H,26,27)/t12-,16-,17-/m0/s1. The van der Waals surface area contributed by atoms with E-state index in [0.717, 1.165) is 38.1 Å². The van der Waals surface area contributed by atoms with Crippen molar-refractivity contribution in [2.75, 3.05) is 6.61 Å². The Morgan fingerprint density at radius 3 is 2.41 bits per heavy atom. The molecule has 3 rings (SSSR count). The van der Waals surface area contributed by atoms with Crippen LogP contribution in [0.3, 0.4) is 0 Å². The third kappa shape index (κ3) is 6.15. The zero-order valence-corrected chi connectivity index (χ0v) is 16.4. The molecule has 1 amide bonds. The van der Waals surface area contributed by atoms with Gasteiger partial charge in [-0.05, 0) is 38.7 Å². The van der Waals surface area contributed by atoms with E-state index in [-0.39, 0.29) is 35.9 Å². The number of amides is 1. The molecule has 0 radical (unpaired) electrons. The summed E-state index contributed by atoms with van der Waals surface area (Å²) in [5, 5.41) is 2.78. The summed E-state index contributed by atoms with van der Waals surface area (Å²) >= 11 is 0. The number of carbonyl (C=O) groups excluding carboxylic acids is 1. The van der Waals surface area contributed by atoms with Crippen LogP contribution in [-0.4, -0.2) is 45.7 Å². The number of hydrogen-bond acceptors (Lipinski definition) is 6. The van der Waals surface area contributed by atoms with Crippen molar-refractivity contribution in [1.82, 2.24) is 20.3 Å². The Balaban J connectivity index is 1.49. The lowest BCUT2D eigenvalue weighted by atomic mass is 9.95. The van der Waals surface area contributed by atoms with Crippen LogP contribution in [-0.2, 0) is 9.53 Å². The highest BCUT2D eigenvalue weighted by atomic mass is 19.1. The second-order valence-electron chi connectivity index (χ2n) is 7.19. The van der Waals surface area contributed by atoms with Crippen molar-refractivity contribution < 1.29 is 23.0 Å². The van der Waals surface area contributed by atoms with Crippen LogP contribution in [0, 0.1) is 11.6 Å². The number of pyridine rings is 1. The van der Waals surface area contributed by atoms with E-state index in [1.54, 1.807) is 0 Å². The van der Waals surface area contributed by atoms with E-state index in [1.165, 1.54) is 19.2 Å². The summed E-state index contributed by atoms with van der Waals surface area (Å²) in [5.41, 5.74) is 0.347. The molecule has 9 heteroatoms. The van der Waals surface area contributed by atoms with Gasteiger partial charge < -0.3 is 14.8 Å². The van der Waals surface area contributed by atoms with E-state index in [1.807, 2.05) is 6.92 Å². The maximum absolute atomic E-state index is 14.4. The first-order valence-electron chi connectivity index (χ1n) is 9.59. The summed E-state index contributed by atoms with van der Waals surface area (Å²) in [6.45, 7) is 3.83. The minimum absolute atomic E-state index is 0.0385. The van der Waals surface area contributed by atoms with Gasteiger partial charge in [-0.1, -0.05) is 0 Å². The Kier molecular flexibility index (Phi) is 7.03. The highest BCUT2D eigenvalue weighted by Crippen LogP contribution is 2.27. The van der Waals surface area contributed by atoms with Crippen LogP contribution < -0.4 is 10.1 Å². The van der Waals surface area contributed by atoms with Gasteiger partial charge in [-0.2, -0.15) is 0 Å². The van der Waals surface area contributed by atoms with Crippen molar-refractivity contribution in [3.05, 3.63) is 36.3 Å². The first-order valence-corrected chi connectivity index (χ1v) is 9.59. The maximum atomic E-state index is 14.4. The molecule has 0 saturated heterocycles. The Morgan fingerprint density at radius 2 is 1.79 bits per heavy atom. The molecule has 1 N–H and O–H groups in total. The maximum Gasteiger partial charge on any atom is 0.250 e. The fourth-order valence-electron chi connectivity index (χ4n) is 3.24. The number of nitrogens with one attached hydrogen (secondary N) is 1. The van der Waals surface area contributed by atoms with Crippen molar-refractivity contribution in [3.63, 3.8) is 0 Å². The number of nitrogens with zero attached hydrogens (tertiary/aromatic N) is 3. The van der Waals surface area contributed by atoms with Gasteiger partial charge >= 0.3 is 0 Å². The Hall–Kier alpha value is -2.68. The third-order valence-electron chi connectivity index (χ3n) is 4.62. The monoisotopic (exact) mass is 406 g/mol. The number of carbonyl (C=O) groups is 1. The number of rotatable bonds is 7. The van der Waals surface area contributed by atoms with Crippen LogP contribution in [0.2, 0.25) is 0 Å². The van der Waals surface area contributed by atoms with Gasteiger partial charge in [0.15, 0.2) is 17.5 Å². The molecule has 2 heterocycles. The highest BCUT2D eigenvalue weighted by Gasteiger charge is 2.25. The Bertz CT molecular complexity index is 827. The third-order valence-corrected chi connectivity index (χ3v) is 4.62. The molecule has 1 atom stereocenters. The Morgan fingerprint density at radius 1 is 1.14 bits per heavy atom. The number of hydrogen-bond donors (Lipinski definition) is 1. The SMILES string of the molecule is CC(=O)N[C@@H](C)CO[C@H]1CC[C@H](Oc2ncc(-c3ncc(F)cn3)cc2F)CC1. The van der Waals surface area contributed by atoms with Crippen molar-refractivity contribution in [2.45, 2.75) is 57.8 Å². The zero-order valence-electron chi connectivity index (χ0n) is 16.4. The van der Waals surface area contributed by atoms with Gasteiger partial charge in [-0.15, -0.1) is 0 Å². The van der Waals surface area contributed by atoms with Crippen molar-refractivity contribution in [2.24, 2.45) is 0 Å². The van der Waals surface area contributed by atoms with Crippen LogP contribution in [0.15, 0.2) is 24.7 Å². The van der Waals surface area contributed by atoms with E-state index in [0.29, 0.717) is 12.2 Å². The van der Waals surface area contributed by atoms with Crippen molar-refractivity contribution in [1.29, 1.82) is 0 Å². The summed E-state index contributed by atoms with van der Waals surface area (Å²) in [7, 11) is 0. The fourth-order valence-corrected chi connectivity index (χ4v) is 3.24. The van der Waals surface area contributed by atoms with E-state index < -0.39 is 11.6 Å². The second-order valence-corrected chi connectivity index (χ2v) is 7.19. The van der Waals surface area contributed by atoms with Crippen LogP contribution >= 0.6 is 0 Å². The largest absolute Gasteiger partial charge is 0.472 e. The topological polar surface area (TPSA) is 86.2 Å². The summed E-state index contributed by atoms with van der Waals surface area (Å²) in [4.78, 5) is 22.7. The fraction of sp³-hybridized carbons (Fsp3) is 0.500. The predicted molar refractivity (Wildman–Crippen MR) is 101 cm³/mol. The van der Waals surface area contributed by atoms with Gasteiger partial charge in [0.1, 0.15) is 6.10 Å². The van der Waals surface area contributed by atoms with Gasteiger partial charge in [0.05, 0.1) is 25.1 Å². The smallest absolute Gasteiger partial charge is 0.250 e. The van der Waals surface area contributed by atoms with E-state index in [9.17, 15) is 13.6 Å². The molecule has 2 aromatic rings. The minimum atomic E-state index is -0.613. The lowest BCUT2D eigenvalue weighted by Gasteiger charge is -2.29. The quantitative estimate of drug-likeness (QED) is 0.761. The molecule has 0 unspecified atom stereocenters. The molecule has 156 valence electrons. The first kappa shape index (κ1) is 21.0. The molecule has 1 saturated carbocycles. The Labute approximate surface area is 167 Å². The molecule has 1 aliphatic rings. The lowest BCUT2D eigenvalue weighted by molar-refractivity contribution is -0.120. The summed E-state index contributed by atoms with van der Waals surface area (Å²) in [5.74, 6) is -1.14. The number of halogens is 2. The highest BCUT2D eigenvalue weighted by molar-refractivity contribution is 5.73. The summed E-state index contributed by atoms with van der Waals surface area (Å²) in [6, 6.07) is 1.19. The number of ether oxygens (including phenoxy) is 2. The summed E-state index contributed by atoms with van der Waals surface area (Å²) in [6.07, 6.45) is 6.43. The molecular weight excluding hydrogens is 382 g/mol. The van der Waals surface area contributed by atoms with E-state index in [2.05, 4.69) is 20.3 Å². The molecule has 29 heavy (non-hydrogen) atoms. The molecule has 1 fully saturated rings. The molecule has 1 aliphatic carbocycles. The van der Waals surface area contributed by atoms with Crippen molar-refractivity contribution in [3.8, 4) is 17.3 Å². The predicted octanol–water partition coefficient (Wildman–Crippen LogP) is 3.05. The number of aromatic nitrogens is 3. The first-order chi connectivity index (χ1) is 13.9. The van der Waals surface area contributed by atoms with Crippen molar-refractivity contribution >= 4 is 5.91 Å². The second kappa shape index (κ2) is 9.69. The molecule has 0 spiro atoms. The average molecular weight is 406 g/mol. The normalized spacial score (nSPS) is 20.1. The lowest BCUT2D eigenvalue weighted by Crippen LogP contribution is -2.37. The molecule has 0 aromatic carbocycles. The molecule has 7 nitrogen and oxygen atoms in total. The van der Waals surface area contributed by atoms with E-state index >= 15 is 0 Å². The minimum Gasteiger partial charge on any atom is -0.472 e.